The van der Waals surface area contributed by atoms with Crippen LogP contribution in [0.3, 0.4) is 0 Å². The van der Waals surface area contributed by atoms with E-state index in [9.17, 15) is 5.26 Å². The minimum Gasteiger partial charge on any atom is -0.492 e. The number of hydrogen-bond acceptors (Lipinski definition) is 5. The van der Waals surface area contributed by atoms with Gasteiger partial charge in [-0.3, -0.25) is 4.84 Å². The van der Waals surface area contributed by atoms with Gasteiger partial charge in [-0.1, -0.05) is 0 Å². The second-order valence-electron chi connectivity index (χ2n) is 6.01. The third-order valence-electron chi connectivity index (χ3n) is 4.93. The van der Waals surface area contributed by atoms with E-state index < -0.39 is 0 Å². The van der Waals surface area contributed by atoms with Crippen molar-refractivity contribution in [1.82, 2.24) is 5.06 Å². The molecule has 3 aliphatic rings. The highest BCUT2D eigenvalue weighted by Crippen LogP contribution is 2.48. The van der Waals surface area contributed by atoms with Gasteiger partial charge in [0.05, 0.1) is 26.0 Å². The first kappa shape index (κ1) is 14.4. The summed E-state index contributed by atoms with van der Waals surface area (Å²) >= 11 is 0. The second-order valence-corrected chi connectivity index (χ2v) is 6.01. The minimum atomic E-state index is -0.216. The molecular formula is C16H22N2O3. The van der Waals surface area contributed by atoms with Crippen LogP contribution in [0.5, 0.6) is 0 Å². The number of nitriles is 1. The van der Waals surface area contributed by atoms with Gasteiger partial charge in [0, 0.05) is 18.6 Å². The first-order valence-corrected chi connectivity index (χ1v) is 7.52. The van der Waals surface area contributed by atoms with Crippen LogP contribution >= 0.6 is 0 Å². The van der Waals surface area contributed by atoms with Crippen LogP contribution in [-0.2, 0) is 14.3 Å². The van der Waals surface area contributed by atoms with Crippen molar-refractivity contribution >= 4 is 0 Å². The molecule has 0 aromatic heterocycles. The van der Waals surface area contributed by atoms with Crippen LogP contribution < -0.4 is 0 Å². The number of nitrogens with zero attached hydrogens (tertiary/aromatic N) is 2. The lowest BCUT2D eigenvalue weighted by Gasteiger charge is -2.45. The lowest BCUT2D eigenvalue weighted by atomic mass is 9.69. The Kier molecular flexibility index (Phi) is 3.92. The molecule has 1 aliphatic carbocycles. The van der Waals surface area contributed by atoms with Crippen LogP contribution in [-0.4, -0.2) is 32.1 Å². The molecule has 1 fully saturated rings. The van der Waals surface area contributed by atoms with Gasteiger partial charge in [0.15, 0.2) is 6.23 Å². The summed E-state index contributed by atoms with van der Waals surface area (Å²) in [4.78, 5) is 5.41. The van der Waals surface area contributed by atoms with Crippen LogP contribution in [0.4, 0.5) is 0 Å². The first-order valence-electron chi connectivity index (χ1n) is 7.52. The number of hydroxylamine groups is 2. The standard InChI is InChI=1S/C16H22N2O3/c1-10(8-17)12-6-11-4-5-21-14-9-18(20-3)16(19-2)13(7-12)15(11)14/h9-12,16H,4-7H2,1-3H3. The summed E-state index contributed by atoms with van der Waals surface area (Å²) in [6, 6.07) is 2.41. The van der Waals surface area contributed by atoms with Gasteiger partial charge in [-0.05, 0) is 43.6 Å². The van der Waals surface area contributed by atoms with E-state index in [1.807, 2.05) is 13.1 Å². The molecule has 2 aliphatic heterocycles. The summed E-state index contributed by atoms with van der Waals surface area (Å²) < 4.78 is 11.5. The van der Waals surface area contributed by atoms with Crippen molar-refractivity contribution in [3.63, 3.8) is 0 Å². The summed E-state index contributed by atoms with van der Waals surface area (Å²) in [7, 11) is 3.33. The van der Waals surface area contributed by atoms with Gasteiger partial charge in [-0.15, -0.1) is 0 Å². The van der Waals surface area contributed by atoms with E-state index in [-0.39, 0.29) is 12.1 Å². The highest BCUT2D eigenvalue weighted by Gasteiger charge is 2.42. The zero-order valence-corrected chi connectivity index (χ0v) is 12.8. The lowest BCUT2D eigenvalue weighted by molar-refractivity contribution is -0.189. The molecule has 5 heteroatoms. The quantitative estimate of drug-likeness (QED) is 0.799. The molecule has 0 bridgehead atoms. The molecule has 1 saturated heterocycles. The van der Waals surface area contributed by atoms with Gasteiger partial charge < -0.3 is 9.47 Å². The van der Waals surface area contributed by atoms with E-state index in [1.54, 1.807) is 19.3 Å². The largest absolute Gasteiger partial charge is 0.492 e. The molecule has 4 atom stereocenters. The van der Waals surface area contributed by atoms with Crippen molar-refractivity contribution in [1.29, 1.82) is 5.26 Å². The van der Waals surface area contributed by atoms with E-state index in [2.05, 4.69) is 6.07 Å². The summed E-state index contributed by atoms with van der Waals surface area (Å²) in [6.45, 7) is 2.75. The third kappa shape index (κ3) is 2.33. The summed E-state index contributed by atoms with van der Waals surface area (Å²) in [5, 5.41) is 11.0. The fourth-order valence-electron chi connectivity index (χ4n) is 3.79. The number of ether oxygens (including phenoxy) is 2. The molecule has 3 rings (SSSR count). The molecule has 4 unspecified atom stereocenters. The minimum absolute atomic E-state index is 0.0600. The van der Waals surface area contributed by atoms with Gasteiger partial charge >= 0.3 is 0 Å². The van der Waals surface area contributed by atoms with Crippen LogP contribution in [0.15, 0.2) is 23.1 Å². The van der Waals surface area contributed by atoms with Crippen LogP contribution in [0.1, 0.15) is 26.2 Å². The van der Waals surface area contributed by atoms with Crippen LogP contribution in [0.2, 0.25) is 0 Å². The predicted molar refractivity (Wildman–Crippen MR) is 76.3 cm³/mol. The highest BCUT2D eigenvalue weighted by molar-refractivity contribution is 5.41. The van der Waals surface area contributed by atoms with E-state index in [0.717, 1.165) is 31.6 Å². The van der Waals surface area contributed by atoms with Crippen molar-refractivity contribution in [2.24, 2.45) is 17.8 Å². The van der Waals surface area contributed by atoms with Crippen molar-refractivity contribution < 1.29 is 14.3 Å². The molecule has 0 radical (unpaired) electrons. The Morgan fingerprint density at radius 2 is 2.29 bits per heavy atom. The highest BCUT2D eigenvalue weighted by atomic mass is 16.7. The fraction of sp³-hybridized carbons (Fsp3) is 0.688. The normalized spacial score (nSPS) is 32.8. The summed E-state index contributed by atoms with van der Waals surface area (Å²) in [5.74, 6) is 1.84. The van der Waals surface area contributed by atoms with Gasteiger partial charge in [-0.25, -0.2) is 5.06 Å². The molecule has 0 aromatic rings. The second kappa shape index (κ2) is 5.70. The summed E-state index contributed by atoms with van der Waals surface area (Å²) in [5.41, 5.74) is 2.52. The van der Waals surface area contributed by atoms with Crippen LogP contribution in [0, 0.1) is 29.1 Å². The zero-order chi connectivity index (χ0) is 15.0. The van der Waals surface area contributed by atoms with Gasteiger partial charge in [0.1, 0.15) is 5.76 Å². The monoisotopic (exact) mass is 290 g/mol. The smallest absolute Gasteiger partial charge is 0.175 e. The fourth-order valence-corrected chi connectivity index (χ4v) is 3.79. The number of rotatable bonds is 3. The van der Waals surface area contributed by atoms with Crippen LogP contribution in [0.25, 0.3) is 0 Å². The van der Waals surface area contributed by atoms with Crippen molar-refractivity contribution in [3.8, 4) is 6.07 Å². The molecule has 0 spiro atoms. The SMILES string of the molecule is COC1C2=C3C(=CN1OC)OCCC3CC(C(C)C#N)C2. The summed E-state index contributed by atoms with van der Waals surface area (Å²) in [6.07, 6.45) is 4.64. The average molecular weight is 290 g/mol. The molecule has 2 heterocycles. The molecule has 0 saturated carbocycles. The lowest BCUT2D eigenvalue weighted by Crippen LogP contribution is -2.43. The molecular weight excluding hydrogens is 268 g/mol. The molecule has 0 N–H and O–H groups in total. The maximum absolute atomic E-state index is 9.26. The van der Waals surface area contributed by atoms with E-state index >= 15 is 0 Å². The van der Waals surface area contributed by atoms with Crippen molar-refractivity contribution in [3.05, 3.63) is 23.1 Å². The zero-order valence-electron chi connectivity index (χ0n) is 12.8. The molecule has 21 heavy (non-hydrogen) atoms. The molecule has 0 amide bonds. The van der Waals surface area contributed by atoms with Gasteiger partial charge in [0.2, 0.25) is 0 Å². The molecule has 0 aromatic carbocycles. The maximum Gasteiger partial charge on any atom is 0.175 e. The Morgan fingerprint density at radius 1 is 1.48 bits per heavy atom. The number of allylic oxidation sites excluding steroid dienone is 1. The van der Waals surface area contributed by atoms with Gasteiger partial charge in [0.25, 0.3) is 0 Å². The Bertz CT molecular complexity index is 520. The Morgan fingerprint density at radius 3 is 2.95 bits per heavy atom. The van der Waals surface area contributed by atoms with E-state index in [4.69, 9.17) is 14.3 Å². The third-order valence-corrected chi connectivity index (χ3v) is 4.93. The first-order chi connectivity index (χ1) is 10.2. The number of hydrogen-bond donors (Lipinski definition) is 0. The molecule has 5 nitrogen and oxygen atoms in total. The molecule has 114 valence electrons. The average Bonchev–Trinajstić information content (AvgIpc) is 2.53. The predicted octanol–water partition coefficient (Wildman–Crippen LogP) is 2.58. The Balaban J connectivity index is 2.00. The van der Waals surface area contributed by atoms with E-state index in [1.165, 1.54) is 11.1 Å². The van der Waals surface area contributed by atoms with Crippen molar-refractivity contribution in [2.45, 2.75) is 32.4 Å². The Labute approximate surface area is 125 Å². The number of methoxy groups -OCH3 is 1. The van der Waals surface area contributed by atoms with Gasteiger partial charge in [-0.2, -0.15) is 5.26 Å². The topological polar surface area (TPSA) is 54.7 Å². The maximum atomic E-state index is 9.26. The van der Waals surface area contributed by atoms with E-state index in [0.29, 0.717) is 11.8 Å². The Hall–Kier alpha value is -1.51. The van der Waals surface area contributed by atoms with Crippen molar-refractivity contribution in [2.75, 3.05) is 20.8 Å².